The molecule has 0 saturated carbocycles. The van der Waals surface area contributed by atoms with Gasteiger partial charge in [0, 0.05) is 39.8 Å². The van der Waals surface area contributed by atoms with E-state index >= 15 is 0 Å². The minimum Gasteiger partial charge on any atom is -0.469 e. The maximum Gasteiger partial charge on any atom is 0.305 e. The van der Waals surface area contributed by atoms with Crippen molar-refractivity contribution in [2.45, 2.75) is 45.4 Å². The van der Waals surface area contributed by atoms with Crippen molar-refractivity contribution >= 4 is 11.9 Å². The van der Waals surface area contributed by atoms with E-state index in [0.29, 0.717) is 6.42 Å². The van der Waals surface area contributed by atoms with Gasteiger partial charge in [-0.3, -0.25) is 9.79 Å². The molecule has 2 N–H and O–H groups in total. The van der Waals surface area contributed by atoms with E-state index in [0.717, 1.165) is 64.3 Å². The minimum atomic E-state index is -0.120. The van der Waals surface area contributed by atoms with Crippen LogP contribution < -0.4 is 10.6 Å². The smallest absolute Gasteiger partial charge is 0.305 e. The number of hydrogen-bond donors (Lipinski definition) is 2. The molecular formula is C15H31N3O3. The molecule has 6 nitrogen and oxygen atoms in total. The first-order chi connectivity index (χ1) is 10.2. The third-order valence-corrected chi connectivity index (χ3v) is 2.95. The summed E-state index contributed by atoms with van der Waals surface area (Å²) in [5.74, 6) is 0.744. The van der Waals surface area contributed by atoms with Gasteiger partial charge in [0.1, 0.15) is 0 Å². The second kappa shape index (κ2) is 15.1. The third-order valence-electron chi connectivity index (χ3n) is 2.95. The van der Waals surface area contributed by atoms with Gasteiger partial charge in [0.05, 0.1) is 7.11 Å². The van der Waals surface area contributed by atoms with Gasteiger partial charge in [-0.2, -0.15) is 0 Å². The van der Waals surface area contributed by atoms with E-state index in [9.17, 15) is 4.79 Å². The highest BCUT2D eigenvalue weighted by Gasteiger charge is 2.00. The Morgan fingerprint density at radius 3 is 2.48 bits per heavy atom. The number of rotatable bonds is 12. The number of nitrogens with one attached hydrogen (secondary N) is 2. The van der Waals surface area contributed by atoms with Gasteiger partial charge in [0.15, 0.2) is 5.96 Å². The summed E-state index contributed by atoms with van der Waals surface area (Å²) in [5, 5.41) is 6.54. The summed E-state index contributed by atoms with van der Waals surface area (Å²) in [5.41, 5.74) is 0. The molecule has 0 atom stereocenters. The average molecular weight is 301 g/mol. The maximum atomic E-state index is 10.9. The van der Waals surface area contributed by atoms with E-state index in [1.807, 2.05) is 0 Å². The molecule has 0 spiro atoms. The highest BCUT2D eigenvalue weighted by atomic mass is 16.5. The molecule has 0 heterocycles. The number of ether oxygens (including phenoxy) is 2. The van der Waals surface area contributed by atoms with Crippen LogP contribution in [-0.4, -0.2) is 52.4 Å². The van der Waals surface area contributed by atoms with Crippen LogP contribution in [0.5, 0.6) is 0 Å². The van der Waals surface area contributed by atoms with Gasteiger partial charge in [-0.15, -0.1) is 0 Å². The number of unbranched alkanes of at least 4 members (excludes halogenated alkanes) is 3. The van der Waals surface area contributed by atoms with Crippen molar-refractivity contribution < 1.29 is 14.3 Å². The summed E-state index contributed by atoms with van der Waals surface area (Å²) >= 11 is 0. The summed E-state index contributed by atoms with van der Waals surface area (Å²) in [6, 6.07) is 0. The first kappa shape index (κ1) is 19.7. The van der Waals surface area contributed by atoms with Crippen molar-refractivity contribution in [2.24, 2.45) is 4.99 Å². The fourth-order valence-corrected chi connectivity index (χ4v) is 1.80. The van der Waals surface area contributed by atoms with Crippen LogP contribution >= 0.6 is 0 Å². The van der Waals surface area contributed by atoms with Crippen molar-refractivity contribution in [3.05, 3.63) is 0 Å². The number of nitrogens with zero attached hydrogens (tertiary/aromatic N) is 1. The molecule has 0 aliphatic rings. The second-order valence-electron chi connectivity index (χ2n) is 4.77. The standard InChI is InChI=1S/C15H31N3O3/c1-4-16-15(18-12-9-13-20-2)17-11-8-6-5-7-10-14(19)21-3/h4-13H2,1-3H3,(H2,16,17,18). The van der Waals surface area contributed by atoms with Crippen molar-refractivity contribution in [3.63, 3.8) is 0 Å². The predicted octanol–water partition coefficient (Wildman–Crippen LogP) is 1.70. The molecule has 0 bridgehead atoms. The molecule has 0 aromatic carbocycles. The van der Waals surface area contributed by atoms with Gasteiger partial charge in [0.2, 0.25) is 0 Å². The Hall–Kier alpha value is -1.30. The van der Waals surface area contributed by atoms with Crippen LogP contribution in [0.25, 0.3) is 0 Å². The average Bonchev–Trinajstić information content (AvgIpc) is 2.50. The topological polar surface area (TPSA) is 72.0 Å². The molecule has 0 radical (unpaired) electrons. The van der Waals surface area contributed by atoms with Crippen molar-refractivity contribution in [1.82, 2.24) is 10.6 Å². The lowest BCUT2D eigenvalue weighted by molar-refractivity contribution is -0.140. The molecule has 6 heteroatoms. The van der Waals surface area contributed by atoms with Crippen LogP contribution in [0, 0.1) is 0 Å². The Labute approximate surface area is 128 Å². The molecular weight excluding hydrogens is 270 g/mol. The van der Waals surface area contributed by atoms with E-state index in [-0.39, 0.29) is 5.97 Å². The number of carbonyl (C=O) groups is 1. The first-order valence-electron chi connectivity index (χ1n) is 7.82. The van der Waals surface area contributed by atoms with Crippen LogP contribution in [0.15, 0.2) is 4.99 Å². The van der Waals surface area contributed by atoms with Crippen LogP contribution in [0.1, 0.15) is 45.4 Å². The van der Waals surface area contributed by atoms with Gasteiger partial charge >= 0.3 is 5.97 Å². The Balaban J connectivity index is 3.61. The lowest BCUT2D eigenvalue weighted by atomic mass is 10.1. The highest BCUT2D eigenvalue weighted by Crippen LogP contribution is 2.03. The lowest BCUT2D eigenvalue weighted by Crippen LogP contribution is -2.37. The molecule has 21 heavy (non-hydrogen) atoms. The fourth-order valence-electron chi connectivity index (χ4n) is 1.80. The quantitative estimate of drug-likeness (QED) is 0.248. The molecule has 0 fully saturated rings. The Bertz CT molecular complexity index is 283. The highest BCUT2D eigenvalue weighted by molar-refractivity contribution is 5.79. The van der Waals surface area contributed by atoms with E-state index < -0.39 is 0 Å². The number of hydrogen-bond acceptors (Lipinski definition) is 4. The van der Waals surface area contributed by atoms with E-state index in [1.54, 1.807) is 7.11 Å². The molecule has 124 valence electrons. The molecule has 0 amide bonds. The van der Waals surface area contributed by atoms with E-state index in [4.69, 9.17) is 4.74 Å². The lowest BCUT2D eigenvalue weighted by Gasteiger charge is -2.11. The Kier molecular flexibility index (Phi) is 14.2. The van der Waals surface area contributed by atoms with Gasteiger partial charge < -0.3 is 20.1 Å². The largest absolute Gasteiger partial charge is 0.469 e. The summed E-state index contributed by atoms with van der Waals surface area (Å²) in [6.07, 6.45) is 5.58. The zero-order valence-electron chi connectivity index (χ0n) is 13.7. The molecule has 0 unspecified atom stereocenters. The first-order valence-corrected chi connectivity index (χ1v) is 7.82. The van der Waals surface area contributed by atoms with Gasteiger partial charge in [0.25, 0.3) is 0 Å². The number of carbonyl (C=O) groups excluding carboxylic acids is 1. The zero-order valence-corrected chi connectivity index (χ0v) is 13.7. The monoisotopic (exact) mass is 301 g/mol. The summed E-state index contributed by atoms with van der Waals surface area (Å²) in [4.78, 5) is 15.4. The van der Waals surface area contributed by atoms with Crippen LogP contribution in [-0.2, 0) is 14.3 Å². The predicted molar refractivity (Wildman–Crippen MR) is 85.6 cm³/mol. The SMILES string of the molecule is CCNC(=NCCCOC)NCCCCCCC(=O)OC. The van der Waals surface area contributed by atoms with Gasteiger partial charge in [-0.1, -0.05) is 12.8 Å². The van der Waals surface area contributed by atoms with Crippen LogP contribution in [0.3, 0.4) is 0 Å². The van der Waals surface area contributed by atoms with E-state index in [1.165, 1.54) is 7.11 Å². The van der Waals surface area contributed by atoms with Crippen molar-refractivity contribution in [1.29, 1.82) is 0 Å². The zero-order chi connectivity index (χ0) is 15.8. The number of esters is 1. The molecule has 0 aromatic heterocycles. The Morgan fingerprint density at radius 2 is 1.81 bits per heavy atom. The normalized spacial score (nSPS) is 11.3. The fraction of sp³-hybridized carbons (Fsp3) is 0.867. The second-order valence-corrected chi connectivity index (χ2v) is 4.77. The van der Waals surface area contributed by atoms with E-state index in [2.05, 4.69) is 27.3 Å². The van der Waals surface area contributed by atoms with Gasteiger partial charge in [-0.05, 0) is 26.2 Å². The van der Waals surface area contributed by atoms with Crippen LogP contribution in [0.4, 0.5) is 0 Å². The molecule has 0 aliphatic carbocycles. The van der Waals surface area contributed by atoms with Crippen molar-refractivity contribution in [3.8, 4) is 0 Å². The summed E-state index contributed by atoms with van der Waals surface area (Å²) in [6.45, 7) is 5.31. The number of aliphatic imine (C=N–C) groups is 1. The van der Waals surface area contributed by atoms with Crippen molar-refractivity contribution in [2.75, 3.05) is 40.5 Å². The third kappa shape index (κ3) is 13.4. The number of guanidine groups is 1. The summed E-state index contributed by atoms with van der Waals surface area (Å²) in [7, 11) is 3.13. The number of methoxy groups -OCH3 is 2. The van der Waals surface area contributed by atoms with Gasteiger partial charge in [-0.25, -0.2) is 0 Å². The molecule has 0 saturated heterocycles. The summed E-state index contributed by atoms with van der Waals surface area (Å²) < 4.78 is 9.61. The van der Waals surface area contributed by atoms with Crippen LogP contribution in [0.2, 0.25) is 0 Å². The minimum absolute atomic E-state index is 0.120. The molecule has 0 aliphatic heterocycles. The molecule has 0 rings (SSSR count). The maximum absolute atomic E-state index is 10.9. The molecule has 0 aromatic rings. The Morgan fingerprint density at radius 1 is 1.05 bits per heavy atom.